The third kappa shape index (κ3) is 5.70. The molecular formula is C34H45N3O7. The molecule has 3 amide bonds. The number of cyclic esters (lactones) is 1. The summed E-state index contributed by atoms with van der Waals surface area (Å²) in [6.45, 7) is 7.85. The Hall–Kier alpha value is -3.50. The minimum atomic E-state index is -1.41. The van der Waals surface area contributed by atoms with Crippen LogP contribution in [0, 0.1) is 17.8 Å². The van der Waals surface area contributed by atoms with Crippen molar-refractivity contribution in [2.75, 3.05) is 19.8 Å². The molecule has 1 aromatic rings. The second-order valence-corrected chi connectivity index (χ2v) is 12.7. The lowest BCUT2D eigenvalue weighted by atomic mass is 9.77. The van der Waals surface area contributed by atoms with Crippen molar-refractivity contribution in [2.45, 2.75) is 89.3 Å². The molecule has 1 aromatic carbocycles. The number of esters is 1. The molecule has 5 rings (SSSR count). The average molecular weight is 608 g/mol. The lowest BCUT2D eigenvalue weighted by molar-refractivity contribution is -0.153. The van der Waals surface area contributed by atoms with Crippen molar-refractivity contribution >= 4 is 23.7 Å². The molecule has 10 nitrogen and oxygen atoms in total. The van der Waals surface area contributed by atoms with Crippen LogP contribution in [0.1, 0.15) is 65.0 Å². The Balaban J connectivity index is 1.62. The Morgan fingerprint density at radius 2 is 1.82 bits per heavy atom. The fourth-order valence-electron chi connectivity index (χ4n) is 7.34. The Labute approximate surface area is 259 Å². The maximum absolute atomic E-state index is 14.6. The van der Waals surface area contributed by atoms with Crippen LogP contribution in [-0.2, 0) is 28.7 Å². The predicted molar refractivity (Wildman–Crippen MR) is 163 cm³/mol. The largest absolute Gasteiger partial charge is 0.463 e. The van der Waals surface area contributed by atoms with Gasteiger partial charge < -0.3 is 29.7 Å². The molecule has 2 fully saturated rings. The van der Waals surface area contributed by atoms with Gasteiger partial charge in [-0.15, -0.1) is 0 Å². The topological polar surface area (TPSA) is 125 Å². The van der Waals surface area contributed by atoms with Gasteiger partial charge in [0.15, 0.2) is 0 Å². The molecule has 4 aliphatic rings. The van der Waals surface area contributed by atoms with Gasteiger partial charge in [-0.3, -0.25) is 19.2 Å². The maximum atomic E-state index is 14.6. The highest BCUT2D eigenvalue weighted by Gasteiger charge is 2.72. The first kappa shape index (κ1) is 31.9. The van der Waals surface area contributed by atoms with Crippen LogP contribution in [0.2, 0.25) is 0 Å². The van der Waals surface area contributed by atoms with Crippen molar-refractivity contribution in [3.8, 4) is 0 Å². The first-order valence-electron chi connectivity index (χ1n) is 15.9. The molecule has 10 heteroatoms. The van der Waals surface area contributed by atoms with Crippen LogP contribution in [0.25, 0.3) is 0 Å². The van der Waals surface area contributed by atoms with E-state index in [-0.39, 0.29) is 49.4 Å². The summed E-state index contributed by atoms with van der Waals surface area (Å²) >= 11 is 0. The van der Waals surface area contributed by atoms with E-state index in [1.165, 1.54) is 4.90 Å². The van der Waals surface area contributed by atoms with Crippen molar-refractivity contribution in [1.82, 2.24) is 15.1 Å². The fourth-order valence-corrected chi connectivity index (χ4v) is 7.34. The zero-order chi connectivity index (χ0) is 31.6. The van der Waals surface area contributed by atoms with Crippen molar-refractivity contribution in [3.05, 3.63) is 60.2 Å². The molecule has 1 spiro atoms. The van der Waals surface area contributed by atoms with Crippen LogP contribution in [0.4, 0.5) is 0 Å². The number of hydrogen-bond acceptors (Lipinski definition) is 7. The molecule has 44 heavy (non-hydrogen) atoms. The smallest absolute Gasteiger partial charge is 0.306 e. The van der Waals surface area contributed by atoms with Gasteiger partial charge in [0, 0.05) is 19.0 Å². The third-order valence-electron chi connectivity index (χ3n) is 9.59. The van der Waals surface area contributed by atoms with Crippen molar-refractivity contribution in [2.24, 2.45) is 17.8 Å². The number of likely N-dealkylation sites (tertiary alicyclic amines) is 1. The van der Waals surface area contributed by atoms with Gasteiger partial charge in [0.25, 0.3) is 0 Å². The monoisotopic (exact) mass is 607 g/mol. The van der Waals surface area contributed by atoms with Crippen LogP contribution in [0.5, 0.6) is 0 Å². The number of carbonyl (C=O) groups is 4. The van der Waals surface area contributed by atoms with Gasteiger partial charge >= 0.3 is 5.97 Å². The summed E-state index contributed by atoms with van der Waals surface area (Å²) in [5.41, 5.74) is -0.656. The molecular weight excluding hydrogens is 562 g/mol. The third-order valence-corrected chi connectivity index (χ3v) is 9.59. The van der Waals surface area contributed by atoms with E-state index in [1.54, 1.807) is 17.1 Å². The minimum Gasteiger partial charge on any atom is -0.463 e. The summed E-state index contributed by atoms with van der Waals surface area (Å²) in [6.07, 6.45) is 8.62. The number of fused-ring (bicyclic) bond motifs is 2. The highest BCUT2D eigenvalue weighted by molar-refractivity contribution is 6.00. The van der Waals surface area contributed by atoms with Crippen molar-refractivity contribution < 1.29 is 33.8 Å². The van der Waals surface area contributed by atoms with Gasteiger partial charge in [-0.1, -0.05) is 81.8 Å². The molecule has 0 aliphatic carbocycles. The Kier molecular flexibility index (Phi) is 9.60. The van der Waals surface area contributed by atoms with E-state index in [0.717, 1.165) is 18.4 Å². The number of nitrogens with one attached hydrogen (secondary N) is 1. The molecule has 4 heterocycles. The molecule has 8 atom stereocenters. The minimum absolute atomic E-state index is 0.0579. The Bertz CT molecular complexity index is 1300. The van der Waals surface area contributed by atoms with Gasteiger partial charge in [0.1, 0.15) is 18.2 Å². The predicted octanol–water partition coefficient (Wildman–Crippen LogP) is 2.92. The number of allylic oxidation sites excluding steroid dienone is 1. The summed E-state index contributed by atoms with van der Waals surface area (Å²) in [5, 5.41) is 13.6. The van der Waals surface area contributed by atoms with Crippen LogP contribution in [0.15, 0.2) is 54.6 Å². The Morgan fingerprint density at radius 3 is 2.50 bits per heavy atom. The number of rotatable bonds is 7. The SMILES string of the molecule is CCCC(C)N1CC=C[C@@]23O[C@H]4/C=C\CCC(=O)OC[C@H](c5ccccc5)NC(=O)[C@H]4[C@@H]2C(=O)N([C@@H](CO)C(C)C)[C@H]3C1=O. The van der Waals surface area contributed by atoms with E-state index in [1.807, 2.05) is 63.3 Å². The quantitative estimate of drug-likeness (QED) is 0.361. The molecule has 2 saturated heterocycles. The highest BCUT2D eigenvalue weighted by atomic mass is 16.5. The van der Waals surface area contributed by atoms with Gasteiger partial charge in [-0.25, -0.2) is 0 Å². The number of benzene rings is 1. The lowest BCUT2D eigenvalue weighted by Crippen LogP contribution is -2.60. The van der Waals surface area contributed by atoms with Gasteiger partial charge in [-0.2, -0.15) is 0 Å². The molecule has 1 unspecified atom stereocenters. The van der Waals surface area contributed by atoms with Crippen molar-refractivity contribution in [1.29, 1.82) is 0 Å². The molecule has 0 radical (unpaired) electrons. The number of amides is 3. The maximum Gasteiger partial charge on any atom is 0.306 e. The number of aliphatic hydroxyl groups excluding tert-OH is 1. The molecule has 238 valence electrons. The van der Waals surface area contributed by atoms with E-state index in [4.69, 9.17) is 9.47 Å². The lowest BCUT2D eigenvalue weighted by Gasteiger charge is -2.41. The number of hydrogen-bond donors (Lipinski definition) is 2. The number of carbonyl (C=O) groups excluding carboxylic acids is 4. The number of aliphatic hydroxyl groups is 1. The normalized spacial score (nSPS) is 32.9. The summed E-state index contributed by atoms with van der Waals surface area (Å²) in [5.74, 6) is -3.54. The summed E-state index contributed by atoms with van der Waals surface area (Å²) in [4.78, 5) is 59.3. The van der Waals surface area contributed by atoms with Crippen LogP contribution in [-0.4, -0.2) is 88.2 Å². The van der Waals surface area contributed by atoms with Gasteiger partial charge in [0.05, 0.1) is 36.6 Å². The fraction of sp³-hybridized carbons (Fsp3) is 0.588. The van der Waals surface area contributed by atoms with Gasteiger partial charge in [-0.05, 0) is 31.2 Å². The van der Waals surface area contributed by atoms with Crippen LogP contribution in [0.3, 0.4) is 0 Å². The van der Waals surface area contributed by atoms with E-state index in [9.17, 15) is 24.3 Å². The Morgan fingerprint density at radius 1 is 1.07 bits per heavy atom. The molecule has 4 aliphatic heterocycles. The summed E-state index contributed by atoms with van der Waals surface area (Å²) < 4.78 is 12.3. The average Bonchev–Trinajstić information content (AvgIpc) is 3.38. The van der Waals surface area contributed by atoms with Crippen LogP contribution >= 0.6 is 0 Å². The van der Waals surface area contributed by atoms with E-state index < -0.39 is 47.6 Å². The van der Waals surface area contributed by atoms with Crippen molar-refractivity contribution in [3.63, 3.8) is 0 Å². The van der Waals surface area contributed by atoms with Crippen LogP contribution < -0.4 is 5.32 Å². The highest BCUT2D eigenvalue weighted by Crippen LogP contribution is 2.54. The molecule has 0 aromatic heterocycles. The number of ether oxygens (including phenoxy) is 2. The van der Waals surface area contributed by atoms with Gasteiger partial charge in [0.2, 0.25) is 17.7 Å². The zero-order valence-corrected chi connectivity index (χ0v) is 26.1. The standard InChI is InChI=1S/C34H45N3O7/c1-5-12-22(4)36-18-11-17-34-29(32(41)37(30(34)33(36)42)25(19-38)21(2)3)28-26(44-34)15-9-10-16-27(39)43-20-24(35-31(28)40)23-13-7-6-8-14-23/h6-9,11,13-15,17,21-22,24-26,28-30,38H,5,10,12,16,18-20H2,1-4H3,(H,35,40)/b15-9-/t22?,24-,25+,26+,28-,29-,30+,34-/m1/s1. The first-order valence-corrected chi connectivity index (χ1v) is 15.9. The zero-order valence-electron chi connectivity index (χ0n) is 26.1. The van der Waals surface area contributed by atoms with E-state index in [0.29, 0.717) is 13.0 Å². The second kappa shape index (κ2) is 13.2. The molecule has 0 bridgehead atoms. The summed E-state index contributed by atoms with van der Waals surface area (Å²) in [6, 6.07) is 6.84. The first-order chi connectivity index (χ1) is 21.1. The van der Waals surface area contributed by atoms with E-state index in [2.05, 4.69) is 12.2 Å². The molecule has 0 saturated carbocycles. The van der Waals surface area contributed by atoms with E-state index >= 15 is 0 Å². The number of nitrogens with zero attached hydrogens (tertiary/aromatic N) is 2. The molecule has 2 N–H and O–H groups in total. The second-order valence-electron chi connectivity index (χ2n) is 12.7. The summed E-state index contributed by atoms with van der Waals surface area (Å²) in [7, 11) is 0.